The Bertz CT molecular complexity index is 1720. The highest BCUT2D eigenvalue weighted by atomic mass is 35.5. The first-order chi connectivity index (χ1) is 22.8. The van der Waals surface area contributed by atoms with Crippen molar-refractivity contribution in [2.45, 2.75) is 69.1 Å². The second kappa shape index (κ2) is 13.0. The summed E-state index contributed by atoms with van der Waals surface area (Å²) in [6, 6.07) is 12.2. The molecule has 3 aromatic rings. The average molecular weight is 662 g/mol. The summed E-state index contributed by atoms with van der Waals surface area (Å²) in [6.07, 6.45) is 5.56. The normalized spacial score (nSPS) is 25.9. The molecule has 5 heterocycles. The molecule has 4 aliphatic heterocycles. The summed E-state index contributed by atoms with van der Waals surface area (Å²) in [4.78, 5) is 30.2. The number of aliphatic imine (C=N–C) groups is 1. The van der Waals surface area contributed by atoms with Crippen molar-refractivity contribution in [3.8, 4) is 6.01 Å². The first kappa shape index (κ1) is 31.8. The quantitative estimate of drug-likeness (QED) is 0.279. The third-order valence-corrected chi connectivity index (χ3v) is 10.7. The van der Waals surface area contributed by atoms with Crippen molar-refractivity contribution in [1.82, 2.24) is 25.5 Å². The van der Waals surface area contributed by atoms with E-state index in [1.165, 1.54) is 0 Å². The fourth-order valence-corrected chi connectivity index (χ4v) is 8.43. The Labute approximate surface area is 279 Å². The number of rotatable bonds is 9. The molecule has 248 valence electrons. The number of amides is 1. The number of aromatic nitrogens is 2. The highest BCUT2D eigenvalue weighted by Gasteiger charge is 2.50. The van der Waals surface area contributed by atoms with E-state index in [0.29, 0.717) is 52.7 Å². The van der Waals surface area contributed by atoms with E-state index in [9.17, 15) is 4.79 Å². The predicted molar refractivity (Wildman–Crippen MR) is 183 cm³/mol. The molecule has 1 amide bonds. The lowest BCUT2D eigenvalue weighted by Gasteiger charge is -2.35. The number of hydrogen-bond donors (Lipinski definition) is 2. The Morgan fingerprint density at radius 3 is 2.68 bits per heavy atom. The Balaban J connectivity index is 1.25. The number of piperazine rings is 1. The van der Waals surface area contributed by atoms with Gasteiger partial charge >= 0.3 is 12.1 Å². The topological polar surface area (TPSA) is 104 Å². The van der Waals surface area contributed by atoms with Crippen LogP contribution in [0.5, 0.6) is 6.01 Å². The molecule has 0 radical (unpaired) electrons. The van der Waals surface area contributed by atoms with E-state index in [1.807, 2.05) is 31.2 Å². The number of alkyl carbamates (subject to hydrolysis) is 1. The minimum absolute atomic E-state index is 0.0677. The monoisotopic (exact) mass is 661 g/mol. The standard InChI is InChI=1S/C35H41ClFN7O3/c1-21-30(29(37)31(38-2)26-9-4-7-22-8-5-10-27(36)28(22)26)41-33(42-32(21)43-17-23-11-12-24(18-43)40-23)47-20-35-14-6-16-44(35)25(13-15-35)19-46-34(45)39-3/h4-5,7-10,23-25,40H,2,6,11-20H2,1,3H3,(H,39,45)/b31-29+/t23?,24?,25-,35-/m1/s1. The second-order valence-electron chi connectivity index (χ2n) is 13.2. The lowest BCUT2D eigenvalue weighted by atomic mass is 9.95. The molecule has 4 atom stereocenters. The molecule has 4 fully saturated rings. The molecule has 0 spiro atoms. The maximum absolute atomic E-state index is 17.0. The number of carbonyl (C=O) groups is 1. The molecule has 10 nitrogen and oxygen atoms in total. The van der Waals surface area contributed by atoms with Gasteiger partial charge in [-0.1, -0.05) is 41.9 Å². The molecule has 12 heteroatoms. The van der Waals surface area contributed by atoms with Gasteiger partial charge in [-0.25, -0.2) is 9.18 Å². The number of benzene rings is 2. The number of carbonyl (C=O) groups excluding carboxylic acids is 1. The molecule has 4 aliphatic rings. The Morgan fingerprint density at radius 1 is 1.17 bits per heavy atom. The molecule has 1 aromatic heterocycles. The molecule has 2 aromatic carbocycles. The number of fused-ring (bicyclic) bond motifs is 4. The van der Waals surface area contributed by atoms with E-state index >= 15 is 4.39 Å². The Morgan fingerprint density at radius 2 is 1.94 bits per heavy atom. The van der Waals surface area contributed by atoms with Crippen LogP contribution in [0, 0.1) is 6.92 Å². The second-order valence-corrected chi connectivity index (χ2v) is 13.6. The number of halogens is 2. The molecule has 2 N–H and O–H groups in total. The van der Waals surface area contributed by atoms with E-state index in [-0.39, 0.29) is 29.0 Å². The molecule has 47 heavy (non-hydrogen) atoms. The molecule has 0 aliphatic carbocycles. The minimum atomic E-state index is -0.607. The molecular formula is C35H41ClFN7O3. The van der Waals surface area contributed by atoms with Crippen LogP contribution in [0.15, 0.2) is 41.4 Å². The molecule has 2 bridgehead atoms. The summed E-state index contributed by atoms with van der Waals surface area (Å²) in [5.74, 6) is 0.0615. The van der Waals surface area contributed by atoms with Crippen LogP contribution in [-0.2, 0) is 4.74 Å². The summed E-state index contributed by atoms with van der Waals surface area (Å²) in [6.45, 7) is 8.74. The van der Waals surface area contributed by atoms with Crippen molar-refractivity contribution in [2.75, 3.05) is 44.8 Å². The fourth-order valence-electron chi connectivity index (χ4n) is 8.15. The zero-order valence-corrected chi connectivity index (χ0v) is 27.7. The van der Waals surface area contributed by atoms with Gasteiger partial charge in [0.2, 0.25) is 0 Å². The van der Waals surface area contributed by atoms with Crippen molar-refractivity contribution in [3.63, 3.8) is 0 Å². The van der Waals surface area contributed by atoms with Gasteiger partial charge in [0.15, 0.2) is 5.83 Å². The van der Waals surface area contributed by atoms with Gasteiger partial charge < -0.3 is 25.0 Å². The van der Waals surface area contributed by atoms with Crippen LogP contribution in [0.25, 0.3) is 22.3 Å². The van der Waals surface area contributed by atoms with E-state index in [1.54, 1.807) is 19.2 Å². The largest absolute Gasteiger partial charge is 0.461 e. The fraction of sp³-hybridized carbons (Fsp3) is 0.486. The number of ether oxygens (including phenoxy) is 2. The Hall–Kier alpha value is -3.80. The minimum Gasteiger partial charge on any atom is -0.461 e. The first-order valence-corrected chi connectivity index (χ1v) is 16.9. The van der Waals surface area contributed by atoms with Crippen LogP contribution < -0.4 is 20.3 Å². The van der Waals surface area contributed by atoms with Crippen LogP contribution in [0.1, 0.15) is 55.3 Å². The van der Waals surface area contributed by atoms with Gasteiger partial charge in [0, 0.05) is 59.8 Å². The zero-order valence-electron chi connectivity index (χ0n) is 26.9. The highest BCUT2D eigenvalue weighted by molar-refractivity contribution is 6.36. The summed E-state index contributed by atoms with van der Waals surface area (Å²) in [5, 5.41) is 8.27. The van der Waals surface area contributed by atoms with Crippen LogP contribution in [0.4, 0.5) is 15.0 Å². The van der Waals surface area contributed by atoms with Crippen LogP contribution in [0.3, 0.4) is 0 Å². The molecule has 7 rings (SSSR count). The van der Waals surface area contributed by atoms with E-state index in [4.69, 9.17) is 31.0 Å². The predicted octanol–water partition coefficient (Wildman–Crippen LogP) is 5.76. The SMILES string of the molecule is C=N/C(=C(/F)c1nc(OC[C@]23CCCN2[C@@H](COC(=O)NC)CC3)nc(N2CC3CCC(C2)N3)c1C)c1cccc2cccc(Cl)c12. The summed E-state index contributed by atoms with van der Waals surface area (Å²) >= 11 is 6.63. The van der Waals surface area contributed by atoms with Crippen molar-refractivity contribution in [1.29, 1.82) is 0 Å². The van der Waals surface area contributed by atoms with Crippen molar-refractivity contribution in [3.05, 3.63) is 58.2 Å². The number of nitrogens with one attached hydrogen (secondary N) is 2. The third kappa shape index (κ3) is 5.93. The average Bonchev–Trinajstić information content (AvgIpc) is 3.76. The van der Waals surface area contributed by atoms with Gasteiger partial charge in [-0.3, -0.25) is 9.89 Å². The van der Waals surface area contributed by atoms with Gasteiger partial charge in [-0.15, -0.1) is 0 Å². The van der Waals surface area contributed by atoms with Gasteiger partial charge in [0.25, 0.3) is 0 Å². The molecule has 2 unspecified atom stereocenters. The summed E-state index contributed by atoms with van der Waals surface area (Å²) < 4.78 is 28.8. The molecular weight excluding hydrogens is 621 g/mol. The zero-order chi connectivity index (χ0) is 32.7. The summed E-state index contributed by atoms with van der Waals surface area (Å²) in [5.41, 5.74) is 1.14. The maximum Gasteiger partial charge on any atom is 0.406 e. The molecule has 0 saturated carbocycles. The third-order valence-electron chi connectivity index (χ3n) is 10.4. The van der Waals surface area contributed by atoms with Gasteiger partial charge in [-0.05, 0) is 70.2 Å². The first-order valence-electron chi connectivity index (χ1n) is 16.5. The van der Waals surface area contributed by atoms with Gasteiger partial charge in [0.1, 0.15) is 30.4 Å². The number of hydrogen-bond acceptors (Lipinski definition) is 9. The lowest BCUT2D eigenvalue weighted by molar-refractivity contribution is 0.0554. The Kier molecular flexibility index (Phi) is 8.80. The van der Waals surface area contributed by atoms with E-state index in [0.717, 1.165) is 63.5 Å². The smallest absolute Gasteiger partial charge is 0.406 e. The van der Waals surface area contributed by atoms with Crippen LogP contribution >= 0.6 is 11.6 Å². The van der Waals surface area contributed by atoms with Gasteiger partial charge in [-0.2, -0.15) is 9.97 Å². The molecule has 4 saturated heterocycles. The van der Waals surface area contributed by atoms with Crippen molar-refractivity contribution in [2.24, 2.45) is 4.99 Å². The van der Waals surface area contributed by atoms with E-state index < -0.39 is 11.9 Å². The van der Waals surface area contributed by atoms with E-state index in [2.05, 4.69) is 32.1 Å². The maximum atomic E-state index is 17.0. The lowest BCUT2D eigenvalue weighted by Crippen LogP contribution is -2.51. The van der Waals surface area contributed by atoms with Crippen molar-refractivity contribution >= 4 is 52.5 Å². The van der Waals surface area contributed by atoms with Gasteiger partial charge in [0.05, 0.1) is 5.54 Å². The number of anilines is 1. The van der Waals surface area contributed by atoms with Crippen LogP contribution in [0.2, 0.25) is 5.02 Å². The number of nitrogens with zero attached hydrogens (tertiary/aromatic N) is 5. The summed E-state index contributed by atoms with van der Waals surface area (Å²) in [7, 11) is 1.56. The van der Waals surface area contributed by atoms with Crippen molar-refractivity contribution < 1.29 is 18.7 Å². The van der Waals surface area contributed by atoms with Crippen LogP contribution in [-0.4, -0.2) is 91.2 Å². The highest BCUT2D eigenvalue weighted by Crippen LogP contribution is 2.43.